The van der Waals surface area contributed by atoms with Gasteiger partial charge in [-0.05, 0) is 36.1 Å². The Balaban J connectivity index is 2.15. The quantitative estimate of drug-likeness (QED) is 0.696. The van der Waals surface area contributed by atoms with Crippen molar-refractivity contribution >= 4 is 17.7 Å². The number of fused-ring (bicyclic) bond motifs is 1. The molecule has 1 aromatic carbocycles. The summed E-state index contributed by atoms with van der Waals surface area (Å²) in [7, 11) is 1.41. The van der Waals surface area contributed by atoms with Gasteiger partial charge >= 0.3 is 6.09 Å². The van der Waals surface area contributed by atoms with Crippen LogP contribution < -0.4 is 0 Å². The lowest BCUT2D eigenvalue weighted by Gasteiger charge is -2.17. The number of amides is 1. The molecular formula is C12H14ClNO2. The van der Waals surface area contributed by atoms with Gasteiger partial charge in [0.1, 0.15) is 0 Å². The molecule has 0 aliphatic carbocycles. The van der Waals surface area contributed by atoms with E-state index < -0.39 is 0 Å². The van der Waals surface area contributed by atoms with Crippen LogP contribution in [0.4, 0.5) is 4.79 Å². The van der Waals surface area contributed by atoms with E-state index >= 15 is 0 Å². The average molecular weight is 240 g/mol. The third-order valence-electron chi connectivity index (χ3n) is 2.90. The lowest BCUT2D eigenvalue weighted by molar-refractivity contribution is 0.125. The van der Waals surface area contributed by atoms with Crippen LogP contribution in [0.3, 0.4) is 0 Å². The highest BCUT2D eigenvalue weighted by atomic mass is 35.5. The lowest BCUT2D eigenvalue weighted by Crippen LogP contribution is -2.33. The van der Waals surface area contributed by atoms with Crippen LogP contribution in [0, 0.1) is 0 Å². The Kier molecular flexibility index (Phi) is 3.34. The van der Waals surface area contributed by atoms with Gasteiger partial charge in [0, 0.05) is 18.1 Å². The maximum absolute atomic E-state index is 11.4. The van der Waals surface area contributed by atoms with Crippen molar-refractivity contribution in [3.63, 3.8) is 0 Å². The standard InChI is InChI=1S/C12H14ClNO2/c1-16-12(15)14-6-4-9-2-3-11(13)8-10(9)5-7-14/h2-3,8H,4-7H2,1H3. The fraction of sp³-hybridized carbons (Fsp3) is 0.417. The van der Waals surface area contributed by atoms with Gasteiger partial charge < -0.3 is 9.64 Å². The molecule has 0 aromatic heterocycles. The van der Waals surface area contributed by atoms with Crippen molar-refractivity contribution in [1.29, 1.82) is 0 Å². The first-order chi connectivity index (χ1) is 7.70. The molecule has 4 heteroatoms. The van der Waals surface area contributed by atoms with Crippen molar-refractivity contribution in [2.45, 2.75) is 12.8 Å². The number of hydrogen-bond donors (Lipinski definition) is 0. The number of carbonyl (C=O) groups excluding carboxylic acids is 1. The molecule has 16 heavy (non-hydrogen) atoms. The van der Waals surface area contributed by atoms with Crippen molar-refractivity contribution in [2.24, 2.45) is 0 Å². The Morgan fingerprint density at radius 3 is 2.69 bits per heavy atom. The summed E-state index contributed by atoms with van der Waals surface area (Å²) in [6.45, 7) is 1.40. The number of methoxy groups -OCH3 is 1. The van der Waals surface area contributed by atoms with Gasteiger partial charge in [0.25, 0.3) is 0 Å². The molecule has 0 radical (unpaired) electrons. The van der Waals surface area contributed by atoms with Crippen LogP contribution in [0.5, 0.6) is 0 Å². The van der Waals surface area contributed by atoms with Crippen molar-refractivity contribution in [3.8, 4) is 0 Å². The van der Waals surface area contributed by atoms with E-state index in [-0.39, 0.29) is 6.09 Å². The Morgan fingerprint density at radius 1 is 1.31 bits per heavy atom. The second kappa shape index (κ2) is 4.74. The van der Waals surface area contributed by atoms with Crippen LogP contribution in [-0.2, 0) is 17.6 Å². The maximum Gasteiger partial charge on any atom is 0.409 e. The molecular weight excluding hydrogens is 226 g/mol. The molecule has 2 rings (SSSR count). The van der Waals surface area contributed by atoms with Crippen LogP contribution in [0.15, 0.2) is 18.2 Å². The first-order valence-corrected chi connectivity index (χ1v) is 5.68. The van der Waals surface area contributed by atoms with E-state index in [1.54, 1.807) is 4.90 Å². The number of carbonyl (C=O) groups is 1. The Hall–Kier alpha value is -1.22. The molecule has 0 saturated heterocycles. The molecule has 86 valence electrons. The van der Waals surface area contributed by atoms with Gasteiger partial charge in [-0.2, -0.15) is 0 Å². The Bertz CT molecular complexity index is 406. The zero-order valence-corrected chi connectivity index (χ0v) is 9.96. The lowest BCUT2D eigenvalue weighted by atomic mass is 10.0. The summed E-state index contributed by atoms with van der Waals surface area (Å²) in [5.74, 6) is 0. The van der Waals surface area contributed by atoms with E-state index in [1.807, 2.05) is 18.2 Å². The summed E-state index contributed by atoms with van der Waals surface area (Å²) in [4.78, 5) is 13.1. The Labute approximate surface area is 100.0 Å². The molecule has 0 saturated carbocycles. The molecule has 0 N–H and O–H groups in total. The first kappa shape index (κ1) is 11.3. The molecule has 1 heterocycles. The smallest absolute Gasteiger partial charge is 0.409 e. The van der Waals surface area contributed by atoms with Gasteiger partial charge in [0.15, 0.2) is 0 Å². The number of hydrogen-bond acceptors (Lipinski definition) is 2. The van der Waals surface area contributed by atoms with Crippen molar-refractivity contribution < 1.29 is 9.53 Å². The van der Waals surface area contributed by atoms with Crippen molar-refractivity contribution in [2.75, 3.05) is 20.2 Å². The molecule has 1 aliphatic heterocycles. The predicted molar refractivity (Wildman–Crippen MR) is 62.8 cm³/mol. The van der Waals surface area contributed by atoms with E-state index in [0.29, 0.717) is 13.1 Å². The number of benzene rings is 1. The Morgan fingerprint density at radius 2 is 2.00 bits per heavy atom. The van der Waals surface area contributed by atoms with Crippen LogP contribution in [0.1, 0.15) is 11.1 Å². The highest BCUT2D eigenvalue weighted by Crippen LogP contribution is 2.20. The number of halogens is 1. The highest BCUT2D eigenvalue weighted by Gasteiger charge is 2.18. The average Bonchev–Trinajstić information content (AvgIpc) is 2.50. The zero-order chi connectivity index (χ0) is 11.5. The second-order valence-electron chi connectivity index (χ2n) is 3.87. The summed E-state index contributed by atoms with van der Waals surface area (Å²) in [6.07, 6.45) is 1.45. The van der Waals surface area contributed by atoms with Crippen LogP contribution in [0.2, 0.25) is 5.02 Å². The van der Waals surface area contributed by atoms with Crippen molar-refractivity contribution in [3.05, 3.63) is 34.3 Å². The topological polar surface area (TPSA) is 29.5 Å². The minimum Gasteiger partial charge on any atom is -0.453 e. The molecule has 1 amide bonds. The van der Waals surface area contributed by atoms with E-state index in [4.69, 9.17) is 16.3 Å². The van der Waals surface area contributed by atoms with Crippen LogP contribution in [-0.4, -0.2) is 31.2 Å². The van der Waals surface area contributed by atoms with Crippen LogP contribution in [0.25, 0.3) is 0 Å². The first-order valence-electron chi connectivity index (χ1n) is 5.31. The number of nitrogens with zero attached hydrogens (tertiary/aromatic N) is 1. The molecule has 0 fully saturated rings. The SMILES string of the molecule is COC(=O)N1CCc2ccc(Cl)cc2CC1. The third-order valence-corrected chi connectivity index (χ3v) is 3.14. The van der Waals surface area contributed by atoms with Crippen LogP contribution >= 0.6 is 11.6 Å². The second-order valence-corrected chi connectivity index (χ2v) is 4.31. The van der Waals surface area contributed by atoms with E-state index in [9.17, 15) is 4.79 Å². The highest BCUT2D eigenvalue weighted by molar-refractivity contribution is 6.30. The summed E-state index contributed by atoms with van der Waals surface area (Å²) in [5, 5.41) is 0.755. The number of rotatable bonds is 0. The molecule has 0 unspecified atom stereocenters. The molecule has 0 spiro atoms. The minimum absolute atomic E-state index is 0.251. The fourth-order valence-corrected chi connectivity index (χ4v) is 2.20. The summed E-state index contributed by atoms with van der Waals surface area (Å²) >= 11 is 5.95. The zero-order valence-electron chi connectivity index (χ0n) is 9.20. The third kappa shape index (κ3) is 2.30. The monoisotopic (exact) mass is 239 g/mol. The van der Waals surface area contributed by atoms with Gasteiger partial charge in [-0.1, -0.05) is 17.7 Å². The molecule has 0 bridgehead atoms. The summed E-state index contributed by atoms with van der Waals surface area (Å²) in [5.41, 5.74) is 2.51. The van der Waals surface area contributed by atoms with Gasteiger partial charge in [-0.3, -0.25) is 0 Å². The van der Waals surface area contributed by atoms with Gasteiger partial charge in [-0.15, -0.1) is 0 Å². The molecule has 1 aromatic rings. The summed E-state index contributed by atoms with van der Waals surface area (Å²) < 4.78 is 4.73. The van der Waals surface area contributed by atoms with E-state index in [0.717, 1.165) is 17.9 Å². The normalized spacial score (nSPS) is 15.2. The summed E-state index contributed by atoms with van der Waals surface area (Å²) in [6, 6.07) is 5.92. The van der Waals surface area contributed by atoms with E-state index in [2.05, 4.69) is 0 Å². The maximum atomic E-state index is 11.4. The largest absolute Gasteiger partial charge is 0.453 e. The fourth-order valence-electron chi connectivity index (χ4n) is 2.01. The number of ether oxygens (including phenoxy) is 1. The molecule has 3 nitrogen and oxygen atoms in total. The molecule has 1 aliphatic rings. The molecule has 0 atom stereocenters. The van der Waals surface area contributed by atoms with Gasteiger partial charge in [0.05, 0.1) is 7.11 Å². The van der Waals surface area contributed by atoms with Crippen molar-refractivity contribution in [1.82, 2.24) is 4.90 Å². The van der Waals surface area contributed by atoms with Gasteiger partial charge in [0.2, 0.25) is 0 Å². The predicted octanol–water partition coefficient (Wildman–Crippen LogP) is 2.51. The minimum atomic E-state index is -0.251. The van der Waals surface area contributed by atoms with Gasteiger partial charge in [-0.25, -0.2) is 4.79 Å². The van der Waals surface area contributed by atoms with E-state index in [1.165, 1.54) is 18.2 Å².